The molecule has 0 unspecified atom stereocenters. The van der Waals surface area contributed by atoms with Crippen molar-refractivity contribution in [1.29, 1.82) is 0 Å². The van der Waals surface area contributed by atoms with Crippen molar-refractivity contribution in [3.05, 3.63) is 39.9 Å². The number of nitrogens with one attached hydrogen (secondary N) is 1. The van der Waals surface area contributed by atoms with Crippen LogP contribution in [0.3, 0.4) is 0 Å². The molecule has 1 aliphatic rings. The number of nitro groups is 1. The molecular weight excluding hydrogens is 322 g/mol. The van der Waals surface area contributed by atoms with E-state index in [-0.39, 0.29) is 30.1 Å². The Morgan fingerprint density at radius 3 is 2.48 bits per heavy atom. The first-order valence-corrected chi connectivity index (χ1v) is 7.26. The Balaban J connectivity index is 0.00000264. The SMILES string of the molecule is CC(C)(NC(=O)[C@@H]1CC[C@H](CN)O1)c1ccc([N+](=O)[O-])cc1.Cl. The molecule has 1 saturated heterocycles. The van der Waals surface area contributed by atoms with Crippen LogP contribution in [-0.4, -0.2) is 29.6 Å². The molecule has 1 aromatic carbocycles. The normalized spacial score (nSPS) is 20.7. The zero-order valence-electron chi connectivity index (χ0n) is 13.2. The summed E-state index contributed by atoms with van der Waals surface area (Å²) >= 11 is 0. The van der Waals surface area contributed by atoms with Gasteiger partial charge in [-0.3, -0.25) is 14.9 Å². The van der Waals surface area contributed by atoms with Gasteiger partial charge in [0.2, 0.25) is 5.91 Å². The number of rotatable bonds is 5. The molecular formula is C15H22ClN3O4. The maximum Gasteiger partial charge on any atom is 0.269 e. The largest absolute Gasteiger partial charge is 0.364 e. The van der Waals surface area contributed by atoms with E-state index in [4.69, 9.17) is 10.5 Å². The lowest BCUT2D eigenvalue weighted by Crippen LogP contribution is -2.46. The number of carbonyl (C=O) groups is 1. The third kappa shape index (κ3) is 4.63. The Hall–Kier alpha value is -1.70. The van der Waals surface area contributed by atoms with Crippen LogP contribution in [0.5, 0.6) is 0 Å². The predicted molar refractivity (Wildman–Crippen MR) is 88.5 cm³/mol. The van der Waals surface area contributed by atoms with Crippen molar-refractivity contribution in [1.82, 2.24) is 5.32 Å². The summed E-state index contributed by atoms with van der Waals surface area (Å²) in [4.78, 5) is 22.5. The quantitative estimate of drug-likeness (QED) is 0.627. The molecule has 7 nitrogen and oxygen atoms in total. The molecule has 1 aliphatic heterocycles. The Morgan fingerprint density at radius 2 is 2.00 bits per heavy atom. The molecule has 23 heavy (non-hydrogen) atoms. The highest BCUT2D eigenvalue weighted by molar-refractivity contribution is 5.85. The van der Waals surface area contributed by atoms with Crippen LogP contribution in [0.1, 0.15) is 32.3 Å². The van der Waals surface area contributed by atoms with E-state index in [1.165, 1.54) is 12.1 Å². The van der Waals surface area contributed by atoms with E-state index >= 15 is 0 Å². The zero-order valence-corrected chi connectivity index (χ0v) is 14.0. The topological polar surface area (TPSA) is 107 Å². The molecule has 1 aromatic rings. The molecule has 1 heterocycles. The van der Waals surface area contributed by atoms with Crippen molar-refractivity contribution in [2.75, 3.05) is 6.54 Å². The number of non-ortho nitro benzene ring substituents is 1. The van der Waals surface area contributed by atoms with Gasteiger partial charge in [-0.1, -0.05) is 0 Å². The number of benzene rings is 1. The van der Waals surface area contributed by atoms with Gasteiger partial charge in [-0.05, 0) is 44.4 Å². The van der Waals surface area contributed by atoms with Gasteiger partial charge in [-0.25, -0.2) is 0 Å². The summed E-state index contributed by atoms with van der Waals surface area (Å²) in [6.07, 6.45) is 0.903. The number of nitrogens with two attached hydrogens (primary N) is 1. The molecule has 1 fully saturated rings. The number of nitrogens with zero attached hydrogens (tertiary/aromatic N) is 1. The van der Waals surface area contributed by atoms with Crippen molar-refractivity contribution in [2.45, 2.75) is 44.4 Å². The summed E-state index contributed by atoms with van der Waals surface area (Å²) in [5, 5.41) is 13.6. The molecule has 0 aliphatic carbocycles. The maximum atomic E-state index is 12.3. The summed E-state index contributed by atoms with van der Waals surface area (Å²) in [6.45, 7) is 4.11. The zero-order chi connectivity index (χ0) is 16.3. The summed E-state index contributed by atoms with van der Waals surface area (Å²) < 4.78 is 5.58. The highest BCUT2D eigenvalue weighted by Gasteiger charge is 2.33. The molecule has 2 rings (SSSR count). The van der Waals surface area contributed by atoms with Gasteiger partial charge in [0.1, 0.15) is 6.10 Å². The fraction of sp³-hybridized carbons (Fsp3) is 0.533. The second kappa shape index (κ2) is 7.72. The molecule has 3 N–H and O–H groups in total. The van der Waals surface area contributed by atoms with Crippen molar-refractivity contribution in [2.24, 2.45) is 5.73 Å². The van der Waals surface area contributed by atoms with Crippen LogP contribution in [-0.2, 0) is 15.1 Å². The van der Waals surface area contributed by atoms with Gasteiger partial charge in [0.15, 0.2) is 0 Å². The fourth-order valence-electron chi connectivity index (χ4n) is 2.53. The summed E-state index contributed by atoms with van der Waals surface area (Å²) in [6, 6.07) is 6.16. The first kappa shape index (κ1) is 19.3. The van der Waals surface area contributed by atoms with Crippen molar-refractivity contribution in [3.8, 4) is 0 Å². The van der Waals surface area contributed by atoms with Crippen LogP contribution in [0.15, 0.2) is 24.3 Å². The van der Waals surface area contributed by atoms with Gasteiger partial charge < -0.3 is 15.8 Å². The number of ether oxygens (including phenoxy) is 1. The van der Waals surface area contributed by atoms with Crippen molar-refractivity contribution >= 4 is 24.0 Å². The number of amides is 1. The van der Waals surface area contributed by atoms with E-state index in [1.54, 1.807) is 12.1 Å². The molecule has 0 aromatic heterocycles. The highest BCUT2D eigenvalue weighted by Crippen LogP contribution is 2.25. The standard InChI is InChI=1S/C15H21N3O4.ClH/c1-15(2,10-3-5-11(6-4-10)18(20)21)17-14(19)13-8-7-12(9-16)22-13;/h3-6,12-13H,7-9,16H2,1-2H3,(H,17,19);1H/t12-,13+;/m1./s1. The number of hydrogen-bond donors (Lipinski definition) is 2. The molecule has 0 spiro atoms. The van der Waals surface area contributed by atoms with E-state index in [9.17, 15) is 14.9 Å². The Morgan fingerprint density at radius 1 is 1.39 bits per heavy atom. The van der Waals surface area contributed by atoms with Crippen LogP contribution < -0.4 is 11.1 Å². The van der Waals surface area contributed by atoms with Gasteiger partial charge in [0.25, 0.3) is 5.69 Å². The number of nitro benzene ring substituents is 1. The van der Waals surface area contributed by atoms with Crippen molar-refractivity contribution in [3.63, 3.8) is 0 Å². The maximum absolute atomic E-state index is 12.3. The summed E-state index contributed by atoms with van der Waals surface area (Å²) in [5.41, 5.74) is 5.71. The Bertz CT molecular complexity index is 562. The lowest BCUT2D eigenvalue weighted by atomic mass is 9.93. The van der Waals surface area contributed by atoms with Gasteiger partial charge >= 0.3 is 0 Å². The lowest BCUT2D eigenvalue weighted by Gasteiger charge is -2.28. The first-order chi connectivity index (χ1) is 10.3. The molecule has 1 amide bonds. The predicted octanol–water partition coefficient (Wildman–Crippen LogP) is 1.87. The average molecular weight is 344 g/mol. The molecule has 2 atom stereocenters. The highest BCUT2D eigenvalue weighted by atomic mass is 35.5. The Labute approximate surface area is 141 Å². The van der Waals surface area contributed by atoms with Crippen LogP contribution in [0, 0.1) is 10.1 Å². The van der Waals surface area contributed by atoms with Gasteiger partial charge in [-0.15, -0.1) is 12.4 Å². The molecule has 0 radical (unpaired) electrons. The molecule has 0 saturated carbocycles. The van der Waals surface area contributed by atoms with Gasteiger partial charge in [-0.2, -0.15) is 0 Å². The first-order valence-electron chi connectivity index (χ1n) is 7.26. The van der Waals surface area contributed by atoms with Crippen molar-refractivity contribution < 1.29 is 14.5 Å². The lowest BCUT2D eigenvalue weighted by molar-refractivity contribution is -0.384. The number of halogens is 1. The fourth-order valence-corrected chi connectivity index (χ4v) is 2.53. The minimum Gasteiger partial charge on any atom is -0.364 e. The van der Waals surface area contributed by atoms with E-state index in [0.717, 1.165) is 12.0 Å². The van der Waals surface area contributed by atoms with Crippen LogP contribution in [0.2, 0.25) is 0 Å². The average Bonchev–Trinajstić information content (AvgIpc) is 2.96. The third-order valence-electron chi connectivity index (χ3n) is 3.90. The second-order valence-corrected chi connectivity index (χ2v) is 5.98. The summed E-state index contributed by atoms with van der Waals surface area (Å²) in [5.74, 6) is -0.181. The number of hydrogen-bond acceptors (Lipinski definition) is 5. The van der Waals surface area contributed by atoms with Crippen LogP contribution in [0.25, 0.3) is 0 Å². The third-order valence-corrected chi connectivity index (χ3v) is 3.90. The summed E-state index contributed by atoms with van der Waals surface area (Å²) in [7, 11) is 0. The molecule has 128 valence electrons. The molecule has 0 bridgehead atoms. The van der Waals surface area contributed by atoms with Gasteiger partial charge in [0, 0.05) is 18.7 Å². The minimum atomic E-state index is -0.642. The smallest absolute Gasteiger partial charge is 0.269 e. The monoisotopic (exact) mass is 343 g/mol. The van der Waals surface area contributed by atoms with Crippen LogP contribution in [0.4, 0.5) is 5.69 Å². The minimum absolute atomic E-state index is 0. The van der Waals surface area contributed by atoms with Gasteiger partial charge in [0.05, 0.1) is 16.6 Å². The molecule has 8 heteroatoms. The Kier molecular flexibility index (Phi) is 6.49. The van der Waals surface area contributed by atoms with E-state index < -0.39 is 16.6 Å². The van der Waals surface area contributed by atoms with E-state index in [0.29, 0.717) is 13.0 Å². The van der Waals surface area contributed by atoms with E-state index in [1.807, 2.05) is 13.8 Å². The van der Waals surface area contributed by atoms with Crippen LogP contribution >= 0.6 is 12.4 Å². The number of carbonyl (C=O) groups excluding carboxylic acids is 1. The second-order valence-electron chi connectivity index (χ2n) is 5.98. The van der Waals surface area contributed by atoms with E-state index in [2.05, 4.69) is 5.32 Å².